The molecule has 2 rings (SSSR count). The number of carbonyl (C=O) groups excluding carboxylic acids is 1. The Hall–Kier alpha value is -0.870. The molecule has 88 valence electrons. The van der Waals surface area contributed by atoms with E-state index in [1.54, 1.807) is 11.3 Å². The number of hydrogen-bond donors (Lipinski definition) is 1. The minimum absolute atomic E-state index is 0.275. The summed E-state index contributed by atoms with van der Waals surface area (Å²) < 4.78 is 0. The Bertz CT molecular complexity index is 337. The van der Waals surface area contributed by atoms with Gasteiger partial charge in [0.2, 0.25) is 5.91 Å². The molecular formula is C12H18N2OS. The van der Waals surface area contributed by atoms with Gasteiger partial charge in [0.1, 0.15) is 0 Å². The standard InChI is InChI=1S/C12H18N2OS/c1-13-7-11-2-4-14(8-11)12(15)6-10-3-5-16-9-10/h3,5,9,11,13H,2,4,6-8H2,1H3. The lowest BCUT2D eigenvalue weighted by molar-refractivity contribution is -0.129. The van der Waals surface area contributed by atoms with Crippen LogP contribution in [0.5, 0.6) is 0 Å². The second kappa shape index (κ2) is 5.46. The maximum absolute atomic E-state index is 12.0. The third-order valence-electron chi connectivity index (χ3n) is 3.07. The van der Waals surface area contributed by atoms with Crippen molar-refractivity contribution in [1.29, 1.82) is 0 Å². The predicted molar refractivity (Wildman–Crippen MR) is 66.6 cm³/mol. The Morgan fingerprint density at radius 2 is 2.56 bits per heavy atom. The first-order valence-electron chi connectivity index (χ1n) is 5.73. The number of amides is 1. The largest absolute Gasteiger partial charge is 0.342 e. The van der Waals surface area contributed by atoms with E-state index in [0.29, 0.717) is 12.3 Å². The Morgan fingerprint density at radius 1 is 1.69 bits per heavy atom. The Kier molecular flexibility index (Phi) is 3.96. The van der Waals surface area contributed by atoms with E-state index < -0.39 is 0 Å². The summed E-state index contributed by atoms with van der Waals surface area (Å²) in [5.41, 5.74) is 1.15. The van der Waals surface area contributed by atoms with Gasteiger partial charge in [-0.2, -0.15) is 11.3 Å². The number of nitrogens with zero attached hydrogens (tertiary/aromatic N) is 1. The predicted octanol–water partition coefficient (Wildman–Crippen LogP) is 1.36. The van der Waals surface area contributed by atoms with E-state index in [0.717, 1.165) is 31.6 Å². The van der Waals surface area contributed by atoms with E-state index in [1.165, 1.54) is 0 Å². The average Bonchev–Trinajstić information content (AvgIpc) is 2.89. The molecule has 0 radical (unpaired) electrons. The van der Waals surface area contributed by atoms with Crippen molar-refractivity contribution in [3.63, 3.8) is 0 Å². The highest BCUT2D eigenvalue weighted by Gasteiger charge is 2.25. The lowest BCUT2D eigenvalue weighted by atomic mass is 10.1. The van der Waals surface area contributed by atoms with Crippen molar-refractivity contribution in [1.82, 2.24) is 10.2 Å². The van der Waals surface area contributed by atoms with Crippen LogP contribution in [0.15, 0.2) is 16.8 Å². The highest BCUT2D eigenvalue weighted by atomic mass is 32.1. The molecule has 0 aliphatic carbocycles. The number of likely N-dealkylation sites (tertiary alicyclic amines) is 1. The van der Waals surface area contributed by atoms with Crippen molar-refractivity contribution < 1.29 is 4.79 Å². The molecule has 16 heavy (non-hydrogen) atoms. The molecule has 1 unspecified atom stereocenters. The summed E-state index contributed by atoms with van der Waals surface area (Å²) in [5.74, 6) is 0.911. The van der Waals surface area contributed by atoms with Gasteiger partial charge in [-0.25, -0.2) is 0 Å². The van der Waals surface area contributed by atoms with Crippen LogP contribution in [0.3, 0.4) is 0 Å². The van der Waals surface area contributed by atoms with Gasteiger partial charge in [0.05, 0.1) is 6.42 Å². The van der Waals surface area contributed by atoms with Crippen LogP contribution in [-0.2, 0) is 11.2 Å². The summed E-state index contributed by atoms with van der Waals surface area (Å²) in [6.45, 7) is 2.86. The van der Waals surface area contributed by atoms with Gasteiger partial charge in [-0.05, 0) is 48.3 Å². The minimum Gasteiger partial charge on any atom is -0.342 e. The number of carbonyl (C=O) groups is 1. The quantitative estimate of drug-likeness (QED) is 0.859. The zero-order valence-electron chi connectivity index (χ0n) is 9.61. The lowest BCUT2D eigenvalue weighted by Gasteiger charge is -2.16. The number of hydrogen-bond acceptors (Lipinski definition) is 3. The van der Waals surface area contributed by atoms with Gasteiger partial charge < -0.3 is 10.2 Å². The minimum atomic E-state index is 0.275. The smallest absolute Gasteiger partial charge is 0.227 e. The summed E-state index contributed by atoms with van der Waals surface area (Å²) >= 11 is 1.65. The Balaban J connectivity index is 1.83. The molecule has 1 atom stereocenters. The number of thiophene rings is 1. The zero-order chi connectivity index (χ0) is 11.4. The van der Waals surface area contributed by atoms with Crippen LogP contribution in [0.25, 0.3) is 0 Å². The molecule has 0 spiro atoms. The van der Waals surface area contributed by atoms with Crippen molar-refractivity contribution in [2.24, 2.45) is 5.92 Å². The van der Waals surface area contributed by atoms with Gasteiger partial charge >= 0.3 is 0 Å². The normalized spacial score (nSPS) is 20.3. The first-order chi connectivity index (χ1) is 7.79. The number of rotatable bonds is 4. The van der Waals surface area contributed by atoms with E-state index in [-0.39, 0.29) is 5.91 Å². The molecule has 1 N–H and O–H groups in total. The van der Waals surface area contributed by atoms with E-state index in [1.807, 2.05) is 23.4 Å². The van der Waals surface area contributed by atoms with Gasteiger partial charge in [0.15, 0.2) is 0 Å². The van der Waals surface area contributed by atoms with Crippen molar-refractivity contribution in [3.05, 3.63) is 22.4 Å². The fourth-order valence-electron chi connectivity index (χ4n) is 2.19. The van der Waals surface area contributed by atoms with Crippen molar-refractivity contribution in [3.8, 4) is 0 Å². The van der Waals surface area contributed by atoms with Crippen LogP contribution in [0.4, 0.5) is 0 Å². The molecule has 1 aromatic rings. The molecular weight excluding hydrogens is 220 g/mol. The van der Waals surface area contributed by atoms with Gasteiger partial charge in [0.25, 0.3) is 0 Å². The van der Waals surface area contributed by atoms with Crippen LogP contribution >= 0.6 is 11.3 Å². The molecule has 1 aromatic heterocycles. The van der Waals surface area contributed by atoms with Crippen molar-refractivity contribution in [2.45, 2.75) is 12.8 Å². The second-order valence-electron chi connectivity index (χ2n) is 4.36. The third kappa shape index (κ3) is 2.83. The van der Waals surface area contributed by atoms with Crippen LogP contribution in [0, 0.1) is 5.92 Å². The van der Waals surface area contributed by atoms with E-state index in [4.69, 9.17) is 0 Å². The average molecular weight is 238 g/mol. The molecule has 2 heterocycles. The first-order valence-corrected chi connectivity index (χ1v) is 6.67. The highest BCUT2D eigenvalue weighted by molar-refractivity contribution is 7.07. The van der Waals surface area contributed by atoms with E-state index >= 15 is 0 Å². The summed E-state index contributed by atoms with van der Waals surface area (Å²) in [6.07, 6.45) is 1.70. The lowest BCUT2D eigenvalue weighted by Crippen LogP contribution is -2.31. The van der Waals surface area contributed by atoms with Crippen molar-refractivity contribution >= 4 is 17.2 Å². The summed E-state index contributed by atoms with van der Waals surface area (Å²) in [4.78, 5) is 14.0. The SMILES string of the molecule is CNCC1CCN(C(=O)Cc2ccsc2)C1. The van der Waals surface area contributed by atoms with E-state index in [2.05, 4.69) is 10.7 Å². The van der Waals surface area contributed by atoms with E-state index in [9.17, 15) is 4.79 Å². The Morgan fingerprint density at radius 3 is 3.25 bits per heavy atom. The molecule has 3 nitrogen and oxygen atoms in total. The van der Waals surface area contributed by atoms with Gasteiger partial charge in [0, 0.05) is 13.1 Å². The van der Waals surface area contributed by atoms with Crippen LogP contribution < -0.4 is 5.32 Å². The third-order valence-corrected chi connectivity index (χ3v) is 3.80. The van der Waals surface area contributed by atoms with Crippen LogP contribution in [0.1, 0.15) is 12.0 Å². The number of nitrogens with one attached hydrogen (secondary N) is 1. The molecule has 4 heteroatoms. The fraction of sp³-hybridized carbons (Fsp3) is 0.583. The van der Waals surface area contributed by atoms with Crippen molar-refractivity contribution in [2.75, 3.05) is 26.7 Å². The maximum atomic E-state index is 12.0. The molecule has 1 saturated heterocycles. The molecule has 1 aliphatic rings. The monoisotopic (exact) mass is 238 g/mol. The second-order valence-corrected chi connectivity index (χ2v) is 5.14. The van der Waals surface area contributed by atoms with Gasteiger partial charge in [-0.1, -0.05) is 0 Å². The fourth-order valence-corrected chi connectivity index (χ4v) is 2.86. The summed E-state index contributed by atoms with van der Waals surface area (Å²) in [5, 5.41) is 7.26. The maximum Gasteiger partial charge on any atom is 0.227 e. The zero-order valence-corrected chi connectivity index (χ0v) is 10.4. The first kappa shape index (κ1) is 11.6. The molecule has 0 bridgehead atoms. The molecule has 1 fully saturated rings. The summed E-state index contributed by atoms with van der Waals surface area (Å²) in [7, 11) is 1.97. The van der Waals surface area contributed by atoms with Crippen LogP contribution in [-0.4, -0.2) is 37.5 Å². The molecule has 0 saturated carbocycles. The summed E-state index contributed by atoms with van der Waals surface area (Å²) in [6, 6.07) is 2.03. The molecule has 0 aromatic carbocycles. The molecule has 1 aliphatic heterocycles. The highest BCUT2D eigenvalue weighted by Crippen LogP contribution is 2.17. The topological polar surface area (TPSA) is 32.3 Å². The Labute approximate surface area is 100 Å². The van der Waals surface area contributed by atoms with Crippen LogP contribution in [0.2, 0.25) is 0 Å². The molecule has 1 amide bonds. The van der Waals surface area contributed by atoms with Gasteiger partial charge in [-0.3, -0.25) is 4.79 Å². The van der Waals surface area contributed by atoms with Gasteiger partial charge in [-0.15, -0.1) is 0 Å².